The fourth-order valence-electron chi connectivity index (χ4n) is 1.66. The molecule has 0 fully saturated rings. The number of hydrogen-bond acceptors (Lipinski definition) is 4. The maximum atomic E-state index is 11.9. The molecule has 0 unspecified atom stereocenters. The van der Waals surface area contributed by atoms with Crippen LogP contribution < -0.4 is 5.32 Å². The average Bonchev–Trinajstić information content (AvgIpc) is 2.51. The molecule has 1 aromatic rings. The molecule has 1 aromatic carbocycles. The minimum Gasteiger partial charge on any atom is -0.461 e. The van der Waals surface area contributed by atoms with Crippen molar-refractivity contribution in [1.29, 1.82) is 0 Å². The minimum atomic E-state index is -0.674. The number of alkyl carbamates (subject to hydrolysis) is 1. The maximum absolute atomic E-state index is 11.9. The van der Waals surface area contributed by atoms with Crippen molar-refractivity contribution in [3.05, 3.63) is 47.2 Å². The fraction of sp³-hybridized carbons (Fsp3) is 0.412. The second-order valence-electron chi connectivity index (χ2n) is 5.12. The molecular weight excluding hydrogens is 282 g/mol. The van der Waals surface area contributed by atoms with Gasteiger partial charge in [0.15, 0.2) is 0 Å². The van der Waals surface area contributed by atoms with Crippen LogP contribution in [-0.4, -0.2) is 18.7 Å². The monoisotopic (exact) mass is 305 g/mol. The number of amides is 1. The summed E-state index contributed by atoms with van der Waals surface area (Å²) in [6.45, 7) is 7.76. The first kappa shape index (κ1) is 17.8. The number of ether oxygens (including phenoxy) is 2. The number of carbonyl (C=O) groups excluding carboxylic acids is 2. The molecule has 0 bridgehead atoms. The lowest BCUT2D eigenvalue weighted by molar-refractivity contribution is -0.139. The van der Waals surface area contributed by atoms with Crippen LogP contribution in [0, 0.1) is 5.92 Å². The molecule has 1 N–H and O–H groups in total. The van der Waals surface area contributed by atoms with Crippen LogP contribution in [0.3, 0.4) is 0 Å². The standard InChI is InChI=1S/C17H23NO4/c1-5-21-16(19)15(13(4)12(2)3)18-17(20)22-11-14-9-7-6-8-10-14/h6-10,12H,5,11H2,1-4H3,(H,18,20)/b15-13+. The van der Waals surface area contributed by atoms with E-state index in [0.29, 0.717) is 0 Å². The second kappa shape index (κ2) is 8.87. The van der Waals surface area contributed by atoms with E-state index in [9.17, 15) is 9.59 Å². The molecule has 0 radical (unpaired) electrons. The van der Waals surface area contributed by atoms with E-state index in [0.717, 1.165) is 11.1 Å². The number of benzene rings is 1. The molecule has 0 aliphatic heterocycles. The molecule has 0 saturated carbocycles. The van der Waals surface area contributed by atoms with E-state index >= 15 is 0 Å². The smallest absolute Gasteiger partial charge is 0.412 e. The van der Waals surface area contributed by atoms with Gasteiger partial charge in [-0.15, -0.1) is 0 Å². The molecule has 22 heavy (non-hydrogen) atoms. The first-order valence-electron chi connectivity index (χ1n) is 7.31. The van der Waals surface area contributed by atoms with Crippen LogP contribution in [-0.2, 0) is 20.9 Å². The van der Waals surface area contributed by atoms with Gasteiger partial charge in [-0.1, -0.05) is 44.2 Å². The molecule has 5 heteroatoms. The zero-order valence-electron chi connectivity index (χ0n) is 13.5. The Balaban J connectivity index is 2.71. The third kappa shape index (κ3) is 5.60. The highest BCUT2D eigenvalue weighted by Gasteiger charge is 2.19. The lowest BCUT2D eigenvalue weighted by atomic mass is 10.0. The second-order valence-corrected chi connectivity index (χ2v) is 5.12. The summed E-state index contributed by atoms with van der Waals surface area (Å²) < 4.78 is 10.1. The number of nitrogens with one attached hydrogen (secondary N) is 1. The summed E-state index contributed by atoms with van der Waals surface area (Å²) in [4.78, 5) is 23.8. The van der Waals surface area contributed by atoms with Gasteiger partial charge in [-0.05, 0) is 30.9 Å². The van der Waals surface area contributed by atoms with Crippen molar-refractivity contribution in [2.75, 3.05) is 6.61 Å². The molecular formula is C17H23NO4. The highest BCUT2D eigenvalue weighted by molar-refractivity contribution is 5.93. The van der Waals surface area contributed by atoms with Gasteiger partial charge in [0.05, 0.1) is 6.61 Å². The number of rotatable bonds is 6. The van der Waals surface area contributed by atoms with E-state index in [1.807, 2.05) is 44.2 Å². The van der Waals surface area contributed by atoms with E-state index in [-0.39, 0.29) is 24.8 Å². The summed E-state index contributed by atoms with van der Waals surface area (Å²) in [5.41, 5.74) is 1.77. The van der Waals surface area contributed by atoms with Crippen molar-refractivity contribution in [1.82, 2.24) is 5.32 Å². The molecule has 1 rings (SSSR count). The molecule has 1 amide bonds. The van der Waals surface area contributed by atoms with Crippen LogP contribution >= 0.6 is 0 Å². The quantitative estimate of drug-likeness (QED) is 0.646. The summed E-state index contributed by atoms with van der Waals surface area (Å²) >= 11 is 0. The van der Waals surface area contributed by atoms with Crippen LogP contribution in [0.15, 0.2) is 41.6 Å². The molecule has 120 valence electrons. The minimum absolute atomic E-state index is 0.105. The molecule has 0 aliphatic rings. The highest BCUT2D eigenvalue weighted by atomic mass is 16.6. The van der Waals surface area contributed by atoms with Crippen molar-refractivity contribution < 1.29 is 19.1 Å². The van der Waals surface area contributed by atoms with E-state index in [1.165, 1.54) is 0 Å². The molecule has 0 aliphatic carbocycles. The van der Waals surface area contributed by atoms with E-state index in [4.69, 9.17) is 9.47 Å². The first-order chi connectivity index (χ1) is 10.5. The summed E-state index contributed by atoms with van der Waals surface area (Å²) in [6, 6.07) is 9.33. The Kier molecular flexibility index (Phi) is 7.16. The maximum Gasteiger partial charge on any atom is 0.412 e. The zero-order valence-corrected chi connectivity index (χ0v) is 13.5. The topological polar surface area (TPSA) is 64.6 Å². The van der Waals surface area contributed by atoms with E-state index in [2.05, 4.69) is 5.32 Å². The highest BCUT2D eigenvalue weighted by Crippen LogP contribution is 2.14. The summed E-state index contributed by atoms with van der Waals surface area (Å²) in [5.74, 6) is -0.445. The van der Waals surface area contributed by atoms with Crippen molar-refractivity contribution in [3.8, 4) is 0 Å². The molecule has 0 atom stereocenters. The Morgan fingerprint density at radius 3 is 2.32 bits per heavy atom. The van der Waals surface area contributed by atoms with Crippen LogP contribution in [0.1, 0.15) is 33.3 Å². The SMILES string of the molecule is CCOC(=O)/C(NC(=O)OCc1ccccc1)=C(/C)C(C)C. The predicted octanol–water partition coefficient (Wildman–Crippen LogP) is 3.41. The van der Waals surface area contributed by atoms with Gasteiger partial charge in [-0.2, -0.15) is 0 Å². The van der Waals surface area contributed by atoms with Crippen molar-refractivity contribution in [2.45, 2.75) is 34.3 Å². The van der Waals surface area contributed by atoms with E-state index < -0.39 is 12.1 Å². The number of allylic oxidation sites excluding steroid dienone is 1. The lowest BCUT2D eigenvalue weighted by Crippen LogP contribution is -2.31. The third-order valence-electron chi connectivity index (χ3n) is 3.18. The van der Waals surface area contributed by atoms with Crippen molar-refractivity contribution in [2.24, 2.45) is 5.92 Å². The zero-order chi connectivity index (χ0) is 16.5. The van der Waals surface area contributed by atoms with Gasteiger partial charge < -0.3 is 9.47 Å². The summed E-state index contributed by atoms with van der Waals surface area (Å²) in [6.07, 6.45) is -0.674. The van der Waals surface area contributed by atoms with Gasteiger partial charge in [0.2, 0.25) is 0 Å². The Morgan fingerprint density at radius 2 is 1.77 bits per heavy atom. The molecule has 0 saturated heterocycles. The van der Waals surface area contributed by atoms with Crippen LogP contribution in [0.4, 0.5) is 4.79 Å². The van der Waals surface area contributed by atoms with Crippen LogP contribution in [0.2, 0.25) is 0 Å². The van der Waals surface area contributed by atoms with Crippen molar-refractivity contribution >= 4 is 12.1 Å². The van der Waals surface area contributed by atoms with Crippen LogP contribution in [0.5, 0.6) is 0 Å². The number of carbonyl (C=O) groups is 2. The Morgan fingerprint density at radius 1 is 1.14 bits per heavy atom. The summed E-state index contributed by atoms with van der Waals surface area (Å²) in [7, 11) is 0. The van der Waals surface area contributed by atoms with Crippen LogP contribution in [0.25, 0.3) is 0 Å². The largest absolute Gasteiger partial charge is 0.461 e. The third-order valence-corrected chi connectivity index (χ3v) is 3.18. The Labute approximate surface area is 131 Å². The first-order valence-corrected chi connectivity index (χ1v) is 7.31. The molecule has 0 heterocycles. The Bertz CT molecular complexity index is 535. The van der Waals surface area contributed by atoms with Gasteiger partial charge in [0.25, 0.3) is 0 Å². The van der Waals surface area contributed by atoms with E-state index in [1.54, 1.807) is 13.8 Å². The Hall–Kier alpha value is -2.30. The molecule has 0 aromatic heterocycles. The summed E-state index contributed by atoms with van der Waals surface area (Å²) in [5, 5.41) is 2.50. The average molecular weight is 305 g/mol. The molecule has 5 nitrogen and oxygen atoms in total. The number of esters is 1. The lowest BCUT2D eigenvalue weighted by Gasteiger charge is -2.15. The van der Waals surface area contributed by atoms with Gasteiger partial charge in [-0.25, -0.2) is 9.59 Å². The predicted molar refractivity (Wildman–Crippen MR) is 83.9 cm³/mol. The normalized spacial score (nSPS) is 11.7. The van der Waals surface area contributed by atoms with Gasteiger partial charge in [0.1, 0.15) is 12.3 Å². The van der Waals surface area contributed by atoms with Gasteiger partial charge in [-0.3, -0.25) is 5.32 Å². The fourth-order valence-corrected chi connectivity index (χ4v) is 1.66. The van der Waals surface area contributed by atoms with Gasteiger partial charge >= 0.3 is 12.1 Å². The molecule has 0 spiro atoms. The van der Waals surface area contributed by atoms with Gasteiger partial charge in [0, 0.05) is 0 Å². The number of hydrogen-bond donors (Lipinski definition) is 1. The van der Waals surface area contributed by atoms with Crippen molar-refractivity contribution in [3.63, 3.8) is 0 Å².